The van der Waals surface area contributed by atoms with Gasteiger partial charge in [0, 0.05) is 48.7 Å². The number of rotatable bonds is 2. The van der Waals surface area contributed by atoms with Gasteiger partial charge in [-0.25, -0.2) is 9.50 Å². The Morgan fingerprint density at radius 1 is 1.04 bits per heavy atom. The maximum absolute atomic E-state index is 12.7. The number of carbonyl (C=O) groups is 2. The third kappa shape index (κ3) is 3.35. The smallest absolute Gasteiger partial charge is 0.293 e. The molecule has 0 unspecified atom stereocenters. The number of halogens is 1. The second-order valence-electron chi connectivity index (χ2n) is 6.33. The van der Waals surface area contributed by atoms with Gasteiger partial charge in [0.05, 0.1) is 0 Å². The van der Waals surface area contributed by atoms with Crippen LogP contribution in [0.1, 0.15) is 26.7 Å². The van der Waals surface area contributed by atoms with Crippen molar-refractivity contribution in [1.82, 2.24) is 29.4 Å². The number of benzene rings is 1. The van der Waals surface area contributed by atoms with Crippen molar-refractivity contribution in [3.05, 3.63) is 58.6 Å². The summed E-state index contributed by atoms with van der Waals surface area (Å²) in [6.45, 7) is 3.61. The lowest BCUT2D eigenvalue weighted by atomic mass is 10.2. The Hall–Kier alpha value is -3.00. The highest BCUT2D eigenvalue weighted by Crippen LogP contribution is 2.15. The zero-order valence-corrected chi connectivity index (χ0v) is 15.4. The summed E-state index contributed by atoms with van der Waals surface area (Å²) < 4.78 is 1.55. The minimum Gasteiger partial charge on any atom is -0.335 e. The van der Waals surface area contributed by atoms with Gasteiger partial charge in [0.2, 0.25) is 5.82 Å². The standard InChI is InChI=1S/C18H17ClN6O2/c1-12-5-6-20-18-21-15(22-25(12)18)17(27)24-9-7-23(8-10-24)16(26)13-3-2-4-14(19)11-13/h2-6,11H,7-10H2,1H3. The van der Waals surface area contributed by atoms with Gasteiger partial charge in [-0.15, -0.1) is 5.10 Å². The highest BCUT2D eigenvalue weighted by Gasteiger charge is 2.27. The Bertz CT molecular complexity index is 1030. The summed E-state index contributed by atoms with van der Waals surface area (Å²) in [4.78, 5) is 37.0. The van der Waals surface area contributed by atoms with Crippen molar-refractivity contribution in [2.24, 2.45) is 0 Å². The second-order valence-corrected chi connectivity index (χ2v) is 6.76. The van der Waals surface area contributed by atoms with Crippen molar-refractivity contribution >= 4 is 29.2 Å². The van der Waals surface area contributed by atoms with Gasteiger partial charge >= 0.3 is 0 Å². The van der Waals surface area contributed by atoms with E-state index >= 15 is 0 Å². The number of hydrogen-bond donors (Lipinski definition) is 0. The average Bonchev–Trinajstić information content (AvgIpc) is 3.13. The van der Waals surface area contributed by atoms with E-state index in [2.05, 4.69) is 15.1 Å². The molecule has 9 heteroatoms. The van der Waals surface area contributed by atoms with Crippen LogP contribution in [-0.4, -0.2) is 67.4 Å². The Kier molecular flexibility index (Phi) is 4.49. The first-order valence-electron chi connectivity index (χ1n) is 8.55. The van der Waals surface area contributed by atoms with Gasteiger partial charge in [0.25, 0.3) is 17.6 Å². The Morgan fingerprint density at radius 3 is 2.41 bits per heavy atom. The topological polar surface area (TPSA) is 83.7 Å². The summed E-state index contributed by atoms with van der Waals surface area (Å²) in [7, 11) is 0. The fraction of sp³-hybridized carbons (Fsp3) is 0.278. The molecule has 1 aliphatic heterocycles. The van der Waals surface area contributed by atoms with E-state index in [4.69, 9.17) is 11.6 Å². The van der Waals surface area contributed by atoms with E-state index in [0.29, 0.717) is 42.5 Å². The van der Waals surface area contributed by atoms with Crippen LogP contribution in [0.2, 0.25) is 5.02 Å². The van der Waals surface area contributed by atoms with Crippen molar-refractivity contribution < 1.29 is 9.59 Å². The molecule has 0 atom stereocenters. The quantitative estimate of drug-likeness (QED) is 0.671. The molecule has 1 fully saturated rings. The minimum atomic E-state index is -0.255. The van der Waals surface area contributed by atoms with Crippen molar-refractivity contribution in [2.45, 2.75) is 6.92 Å². The van der Waals surface area contributed by atoms with E-state index in [1.807, 2.05) is 6.92 Å². The SMILES string of the molecule is Cc1ccnc2nc(C(=O)N3CCN(C(=O)c4cccc(Cl)c4)CC3)nn12. The molecule has 0 saturated carbocycles. The zero-order chi connectivity index (χ0) is 19.0. The second kappa shape index (κ2) is 6.96. The summed E-state index contributed by atoms with van der Waals surface area (Å²) >= 11 is 5.96. The van der Waals surface area contributed by atoms with Crippen LogP contribution >= 0.6 is 11.6 Å². The van der Waals surface area contributed by atoms with E-state index in [-0.39, 0.29) is 17.6 Å². The number of nitrogens with zero attached hydrogens (tertiary/aromatic N) is 6. The van der Waals surface area contributed by atoms with Crippen LogP contribution in [0.25, 0.3) is 5.78 Å². The van der Waals surface area contributed by atoms with Crippen LogP contribution in [0.4, 0.5) is 0 Å². The maximum atomic E-state index is 12.7. The summed E-state index contributed by atoms with van der Waals surface area (Å²) in [6.07, 6.45) is 1.63. The third-order valence-electron chi connectivity index (χ3n) is 4.55. The molecule has 0 aliphatic carbocycles. The molecule has 1 aliphatic rings. The van der Waals surface area contributed by atoms with Gasteiger partial charge in [-0.3, -0.25) is 9.59 Å². The summed E-state index contributed by atoms with van der Waals surface area (Å²) in [6, 6.07) is 8.67. The fourth-order valence-corrected chi connectivity index (χ4v) is 3.25. The predicted octanol–water partition coefficient (Wildman–Crippen LogP) is 1.68. The number of fused-ring (bicyclic) bond motifs is 1. The maximum Gasteiger partial charge on any atom is 0.293 e. The van der Waals surface area contributed by atoms with E-state index in [1.165, 1.54) is 0 Å². The largest absolute Gasteiger partial charge is 0.335 e. The normalized spacial score (nSPS) is 14.6. The van der Waals surface area contributed by atoms with Crippen LogP contribution in [0.15, 0.2) is 36.5 Å². The third-order valence-corrected chi connectivity index (χ3v) is 4.78. The summed E-state index contributed by atoms with van der Waals surface area (Å²) in [5.41, 5.74) is 1.40. The average molecular weight is 385 g/mol. The highest BCUT2D eigenvalue weighted by atomic mass is 35.5. The van der Waals surface area contributed by atoms with Crippen molar-refractivity contribution in [3.8, 4) is 0 Å². The Morgan fingerprint density at radius 2 is 1.74 bits per heavy atom. The number of amides is 2. The van der Waals surface area contributed by atoms with Crippen LogP contribution < -0.4 is 0 Å². The van der Waals surface area contributed by atoms with Crippen LogP contribution in [0.3, 0.4) is 0 Å². The highest BCUT2D eigenvalue weighted by molar-refractivity contribution is 6.30. The molecule has 2 aromatic heterocycles. The van der Waals surface area contributed by atoms with Crippen molar-refractivity contribution in [1.29, 1.82) is 0 Å². The van der Waals surface area contributed by atoms with E-state index in [9.17, 15) is 9.59 Å². The number of carbonyl (C=O) groups excluding carboxylic acids is 2. The van der Waals surface area contributed by atoms with E-state index in [0.717, 1.165) is 5.69 Å². The molecule has 3 aromatic rings. The van der Waals surface area contributed by atoms with Gasteiger partial charge in [-0.2, -0.15) is 4.98 Å². The minimum absolute atomic E-state index is 0.0877. The lowest BCUT2D eigenvalue weighted by Gasteiger charge is -2.34. The van der Waals surface area contributed by atoms with Crippen LogP contribution in [0.5, 0.6) is 0 Å². The molecule has 0 bridgehead atoms. The molecule has 0 N–H and O–H groups in total. The summed E-state index contributed by atoms with van der Waals surface area (Å²) in [5.74, 6) is 0.171. The summed E-state index contributed by atoms with van der Waals surface area (Å²) in [5, 5.41) is 4.78. The molecule has 1 aromatic carbocycles. The predicted molar refractivity (Wildman–Crippen MR) is 98.8 cm³/mol. The van der Waals surface area contributed by atoms with Gasteiger partial charge in [0.1, 0.15) is 0 Å². The van der Waals surface area contributed by atoms with Gasteiger partial charge in [-0.05, 0) is 31.2 Å². The first kappa shape index (κ1) is 17.4. The molecule has 27 heavy (non-hydrogen) atoms. The molecule has 138 valence electrons. The lowest BCUT2D eigenvalue weighted by Crippen LogP contribution is -2.50. The monoisotopic (exact) mass is 384 g/mol. The molecule has 4 rings (SSSR count). The number of aryl methyl sites for hydroxylation is 1. The van der Waals surface area contributed by atoms with Gasteiger partial charge < -0.3 is 9.80 Å². The zero-order valence-electron chi connectivity index (χ0n) is 14.7. The van der Waals surface area contributed by atoms with E-state index in [1.54, 1.807) is 50.8 Å². The molecule has 2 amide bonds. The Balaban J connectivity index is 1.44. The molecular formula is C18H17ClN6O2. The molecule has 1 saturated heterocycles. The molecule has 0 spiro atoms. The van der Waals surface area contributed by atoms with Crippen LogP contribution in [-0.2, 0) is 0 Å². The van der Waals surface area contributed by atoms with Crippen molar-refractivity contribution in [3.63, 3.8) is 0 Å². The Labute approximate surface area is 160 Å². The fourth-order valence-electron chi connectivity index (χ4n) is 3.06. The van der Waals surface area contributed by atoms with Gasteiger partial charge in [0.15, 0.2) is 0 Å². The van der Waals surface area contributed by atoms with Crippen molar-refractivity contribution in [2.75, 3.05) is 26.2 Å². The molecule has 3 heterocycles. The molecule has 0 radical (unpaired) electrons. The number of piperazine rings is 1. The van der Waals surface area contributed by atoms with E-state index < -0.39 is 0 Å². The van der Waals surface area contributed by atoms with Gasteiger partial charge in [-0.1, -0.05) is 17.7 Å². The lowest BCUT2D eigenvalue weighted by molar-refractivity contribution is 0.0529. The first-order chi connectivity index (χ1) is 13.0. The molecule has 8 nitrogen and oxygen atoms in total. The molecular weight excluding hydrogens is 368 g/mol. The number of aromatic nitrogens is 4. The van der Waals surface area contributed by atoms with Crippen LogP contribution in [0, 0.1) is 6.92 Å². The first-order valence-corrected chi connectivity index (χ1v) is 8.93. The number of hydrogen-bond acceptors (Lipinski definition) is 5.